The number of carbonyl (C=O) groups excluding carboxylic acids is 1. The summed E-state index contributed by atoms with van der Waals surface area (Å²) in [6, 6.07) is 13.4. The number of benzene rings is 1. The van der Waals surface area contributed by atoms with Crippen LogP contribution in [-0.2, 0) is 9.84 Å². The van der Waals surface area contributed by atoms with E-state index in [9.17, 15) is 13.2 Å². The van der Waals surface area contributed by atoms with Gasteiger partial charge in [0.05, 0.1) is 23.5 Å². The molecular weight excluding hydrogens is 434 g/mol. The van der Waals surface area contributed by atoms with Gasteiger partial charge in [-0.3, -0.25) is 9.69 Å². The fourth-order valence-electron chi connectivity index (χ4n) is 4.26. The molecule has 5 rings (SSSR count). The highest BCUT2D eigenvalue weighted by Gasteiger charge is 2.35. The number of hydrogen-bond acceptors (Lipinski definition) is 7. The molecule has 4 heterocycles. The minimum atomic E-state index is -2.91. The lowest BCUT2D eigenvalue weighted by molar-refractivity contribution is 0.0593. The van der Waals surface area contributed by atoms with Gasteiger partial charge in [-0.25, -0.2) is 13.4 Å². The number of sulfone groups is 1. The molecule has 3 aromatic rings. The zero-order valence-electron chi connectivity index (χ0n) is 16.9. The molecule has 1 amide bonds. The largest absolute Gasteiger partial charge is 0.462 e. The highest BCUT2D eigenvalue weighted by atomic mass is 32.2. The maximum Gasteiger partial charge on any atom is 0.266 e. The summed E-state index contributed by atoms with van der Waals surface area (Å²) >= 11 is 1.35. The normalized spacial score (nSPS) is 21.4. The van der Waals surface area contributed by atoms with E-state index in [0.29, 0.717) is 53.9 Å². The first-order chi connectivity index (χ1) is 15.0. The number of thiazole rings is 1. The maximum atomic E-state index is 13.5. The fourth-order valence-corrected chi connectivity index (χ4v) is 7.04. The summed E-state index contributed by atoms with van der Waals surface area (Å²) < 4.78 is 29.1. The van der Waals surface area contributed by atoms with Crippen molar-refractivity contribution in [2.75, 3.05) is 37.7 Å². The van der Waals surface area contributed by atoms with Crippen molar-refractivity contribution >= 4 is 27.1 Å². The van der Waals surface area contributed by atoms with Gasteiger partial charge in [0.2, 0.25) is 0 Å². The molecule has 2 aliphatic heterocycles. The van der Waals surface area contributed by atoms with Gasteiger partial charge in [-0.2, -0.15) is 0 Å². The Morgan fingerprint density at radius 3 is 2.48 bits per heavy atom. The zero-order chi connectivity index (χ0) is 21.4. The van der Waals surface area contributed by atoms with Crippen molar-refractivity contribution in [1.29, 1.82) is 0 Å². The van der Waals surface area contributed by atoms with E-state index in [2.05, 4.69) is 4.90 Å². The van der Waals surface area contributed by atoms with E-state index in [4.69, 9.17) is 9.40 Å². The van der Waals surface area contributed by atoms with Gasteiger partial charge in [0.15, 0.2) is 20.6 Å². The lowest BCUT2D eigenvalue weighted by Gasteiger charge is -2.37. The van der Waals surface area contributed by atoms with Gasteiger partial charge >= 0.3 is 0 Å². The first-order valence-corrected chi connectivity index (χ1v) is 13.0. The molecule has 0 bridgehead atoms. The molecular formula is C22H23N3O4S2. The number of furan rings is 1. The molecule has 0 spiro atoms. The van der Waals surface area contributed by atoms with Crippen LogP contribution in [0.15, 0.2) is 53.1 Å². The van der Waals surface area contributed by atoms with Gasteiger partial charge in [0, 0.05) is 37.8 Å². The van der Waals surface area contributed by atoms with Crippen molar-refractivity contribution < 1.29 is 17.6 Å². The molecule has 0 saturated carbocycles. The van der Waals surface area contributed by atoms with E-state index in [1.54, 1.807) is 6.26 Å². The maximum absolute atomic E-state index is 13.5. The lowest BCUT2D eigenvalue weighted by atomic mass is 10.1. The molecule has 31 heavy (non-hydrogen) atoms. The van der Waals surface area contributed by atoms with E-state index in [1.165, 1.54) is 11.3 Å². The highest BCUT2D eigenvalue weighted by Crippen LogP contribution is 2.35. The van der Waals surface area contributed by atoms with Crippen LogP contribution >= 0.6 is 11.3 Å². The predicted molar refractivity (Wildman–Crippen MR) is 120 cm³/mol. The Bertz CT molecular complexity index is 1160. The average Bonchev–Trinajstić information content (AvgIpc) is 3.53. The predicted octanol–water partition coefficient (Wildman–Crippen LogP) is 3.02. The summed E-state index contributed by atoms with van der Waals surface area (Å²) in [6.45, 7) is 2.54. The summed E-state index contributed by atoms with van der Waals surface area (Å²) in [7, 11) is -2.91. The summed E-state index contributed by atoms with van der Waals surface area (Å²) in [5.41, 5.74) is 1.57. The molecule has 2 aliphatic rings. The lowest BCUT2D eigenvalue weighted by Crippen LogP contribution is -2.52. The van der Waals surface area contributed by atoms with Crippen LogP contribution in [0.4, 0.5) is 0 Å². The second kappa shape index (κ2) is 8.22. The van der Waals surface area contributed by atoms with Crippen LogP contribution in [0.25, 0.3) is 22.0 Å². The van der Waals surface area contributed by atoms with Crippen LogP contribution in [0, 0.1) is 0 Å². The first-order valence-electron chi connectivity index (χ1n) is 10.3. The van der Waals surface area contributed by atoms with E-state index in [0.717, 1.165) is 5.56 Å². The second-order valence-electron chi connectivity index (χ2n) is 7.93. The van der Waals surface area contributed by atoms with Crippen LogP contribution in [0.5, 0.6) is 0 Å². The van der Waals surface area contributed by atoms with Gasteiger partial charge in [0.1, 0.15) is 4.88 Å². The molecule has 7 nitrogen and oxygen atoms in total. The number of amides is 1. The van der Waals surface area contributed by atoms with Crippen LogP contribution in [0.3, 0.4) is 0 Å². The number of nitrogens with zero attached hydrogens (tertiary/aromatic N) is 3. The Kier molecular flexibility index (Phi) is 5.41. The summed E-state index contributed by atoms with van der Waals surface area (Å²) in [6.07, 6.45) is 2.29. The zero-order valence-corrected chi connectivity index (χ0v) is 18.6. The van der Waals surface area contributed by atoms with Gasteiger partial charge in [0.25, 0.3) is 5.91 Å². The van der Waals surface area contributed by atoms with Crippen molar-refractivity contribution in [1.82, 2.24) is 14.8 Å². The third-order valence-electron chi connectivity index (χ3n) is 5.93. The molecule has 2 aromatic heterocycles. The Balaban J connectivity index is 1.37. The van der Waals surface area contributed by atoms with Gasteiger partial charge in [-0.15, -0.1) is 11.3 Å². The smallest absolute Gasteiger partial charge is 0.266 e. The van der Waals surface area contributed by atoms with Gasteiger partial charge in [-0.05, 0) is 18.6 Å². The van der Waals surface area contributed by atoms with Crippen molar-refractivity contribution in [3.63, 3.8) is 0 Å². The van der Waals surface area contributed by atoms with Crippen LogP contribution in [0.2, 0.25) is 0 Å². The topological polar surface area (TPSA) is 83.7 Å². The number of piperazine rings is 1. The highest BCUT2D eigenvalue weighted by molar-refractivity contribution is 7.91. The van der Waals surface area contributed by atoms with E-state index in [1.807, 2.05) is 47.4 Å². The van der Waals surface area contributed by atoms with Crippen LogP contribution in [-0.4, -0.2) is 72.8 Å². The SMILES string of the molecule is O=C(c1sc(-c2ccco2)nc1-c1ccccc1)N1CCN(C2CCS(=O)(=O)C2)CC1. The van der Waals surface area contributed by atoms with Crippen molar-refractivity contribution in [3.8, 4) is 22.0 Å². The van der Waals surface area contributed by atoms with Crippen molar-refractivity contribution in [3.05, 3.63) is 53.6 Å². The number of hydrogen-bond donors (Lipinski definition) is 0. The molecule has 9 heteroatoms. The third-order valence-corrected chi connectivity index (χ3v) is 8.74. The Hall–Kier alpha value is -2.49. The van der Waals surface area contributed by atoms with Gasteiger partial charge in [-0.1, -0.05) is 30.3 Å². The molecule has 2 fully saturated rings. The average molecular weight is 458 g/mol. The molecule has 0 N–H and O–H groups in total. The van der Waals surface area contributed by atoms with Crippen LogP contribution < -0.4 is 0 Å². The standard InChI is InChI=1S/C22H23N3O4S2/c26-22(25-11-9-24(10-12-25)17-8-14-31(27,28)15-17)20-19(16-5-2-1-3-6-16)23-21(30-20)18-7-4-13-29-18/h1-7,13,17H,8-12,14-15H2. The quantitative estimate of drug-likeness (QED) is 0.599. The Labute approximate surface area is 185 Å². The molecule has 0 radical (unpaired) electrons. The molecule has 0 aliphatic carbocycles. The third kappa shape index (κ3) is 4.17. The Morgan fingerprint density at radius 2 is 1.84 bits per heavy atom. The van der Waals surface area contributed by atoms with E-state index >= 15 is 0 Å². The van der Waals surface area contributed by atoms with E-state index in [-0.39, 0.29) is 23.5 Å². The first kappa shape index (κ1) is 20.4. The molecule has 2 saturated heterocycles. The molecule has 1 unspecified atom stereocenters. The van der Waals surface area contributed by atoms with Crippen LogP contribution in [0.1, 0.15) is 16.1 Å². The minimum Gasteiger partial charge on any atom is -0.462 e. The summed E-state index contributed by atoms with van der Waals surface area (Å²) in [5, 5.41) is 0.682. The Morgan fingerprint density at radius 1 is 1.06 bits per heavy atom. The second-order valence-corrected chi connectivity index (χ2v) is 11.2. The monoisotopic (exact) mass is 457 g/mol. The van der Waals surface area contributed by atoms with Crippen molar-refractivity contribution in [2.24, 2.45) is 0 Å². The molecule has 1 atom stereocenters. The number of carbonyl (C=O) groups is 1. The molecule has 1 aromatic carbocycles. The summed E-state index contributed by atoms with van der Waals surface area (Å²) in [4.78, 5) is 22.9. The summed E-state index contributed by atoms with van der Waals surface area (Å²) in [5.74, 6) is 1.12. The number of rotatable bonds is 4. The molecule has 162 valence electrons. The van der Waals surface area contributed by atoms with Crippen molar-refractivity contribution in [2.45, 2.75) is 12.5 Å². The van der Waals surface area contributed by atoms with E-state index < -0.39 is 9.84 Å². The minimum absolute atomic E-state index is 0.0344. The van der Waals surface area contributed by atoms with Gasteiger partial charge < -0.3 is 9.32 Å². The fraction of sp³-hybridized carbons (Fsp3) is 0.364. The number of aromatic nitrogens is 1.